The molecule has 0 aliphatic rings. The van der Waals surface area contributed by atoms with E-state index in [0.717, 1.165) is 20.9 Å². The van der Waals surface area contributed by atoms with Gasteiger partial charge in [-0.25, -0.2) is 0 Å². The Labute approximate surface area is 113 Å². The van der Waals surface area contributed by atoms with Gasteiger partial charge in [0.1, 0.15) is 0 Å². The minimum atomic E-state index is 0.800. The highest BCUT2D eigenvalue weighted by Crippen LogP contribution is 2.27. The van der Waals surface area contributed by atoms with Crippen LogP contribution in [0.5, 0.6) is 0 Å². The van der Waals surface area contributed by atoms with Gasteiger partial charge >= 0.3 is 0 Å². The van der Waals surface area contributed by atoms with Crippen LogP contribution in [-0.2, 0) is 0 Å². The Hall–Kier alpha value is -1.04. The van der Waals surface area contributed by atoms with Gasteiger partial charge in [-0.3, -0.25) is 0 Å². The summed E-state index contributed by atoms with van der Waals surface area (Å²) in [6.07, 6.45) is 1.87. The van der Waals surface area contributed by atoms with E-state index in [0.29, 0.717) is 0 Å². The molecule has 1 N–H and O–H groups in total. The Balaban J connectivity index is 1.94. The first kappa shape index (κ1) is 12.4. The molecule has 0 aliphatic heterocycles. The fourth-order valence-corrected chi connectivity index (χ4v) is 2.92. The van der Waals surface area contributed by atoms with Gasteiger partial charge in [0.05, 0.1) is 0 Å². The maximum atomic E-state index is 5.44. The van der Waals surface area contributed by atoms with E-state index < -0.39 is 0 Å². The number of hydrogen-bond acceptors (Lipinski definition) is 5. The lowest BCUT2D eigenvalue weighted by Gasteiger charge is -1.99. The molecule has 1 aromatic carbocycles. The third-order valence-electron chi connectivity index (χ3n) is 1.82. The minimum Gasteiger partial charge on any atom is -0.330 e. The molecule has 0 spiro atoms. The molecular formula is C11H10ClN3S2. The molecule has 0 aliphatic carbocycles. The van der Waals surface area contributed by atoms with Gasteiger partial charge in [-0.15, -0.1) is 10.2 Å². The van der Waals surface area contributed by atoms with Gasteiger partial charge in [-0.1, -0.05) is 59.0 Å². The normalized spacial score (nSPS) is 10.9. The predicted octanol–water partition coefficient (Wildman–Crippen LogP) is 4.13. The van der Waals surface area contributed by atoms with Crippen molar-refractivity contribution in [3.63, 3.8) is 0 Å². The van der Waals surface area contributed by atoms with Crippen molar-refractivity contribution in [2.45, 2.75) is 4.34 Å². The molecule has 0 unspecified atom stereocenters. The van der Waals surface area contributed by atoms with Gasteiger partial charge in [0.25, 0.3) is 0 Å². The van der Waals surface area contributed by atoms with Gasteiger partial charge in [-0.05, 0) is 12.1 Å². The van der Waals surface area contributed by atoms with Crippen LogP contribution in [0.15, 0.2) is 46.3 Å². The van der Waals surface area contributed by atoms with Crippen LogP contribution in [0, 0.1) is 0 Å². The van der Waals surface area contributed by atoms with Crippen LogP contribution < -0.4 is 5.32 Å². The van der Waals surface area contributed by atoms with Gasteiger partial charge in [0.15, 0.2) is 4.34 Å². The molecule has 2 rings (SSSR count). The highest BCUT2D eigenvalue weighted by molar-refractivity contribution is 8.01. The van der Waals surface area contributed by atoms with Crippen molar-refractivity contribution in [2.24, 2.45) is 0 Å². The first-order valence-electron chi connectivity index (χ1n) is 4.92. The van der Waals surface area contributed by atoms with Crippen LogP contribution in [0.3, 0.4) is 0 Å². The number of anilines is 2. The summed E-state index contributed by atoms with van der Waals surface area (Å²) in [5.74, 6) is 0.809. The molecule has 1 heterocycles. The fourth-order valence-electron chi connectivity index (χ4n) is 1.12. The lowest BCUT2D eigenvalue weighted by Crippen LogP contribution is -1.87. The number of hydrogen-bond donors (Lipinski definition) is 1. The van der Waals surface area contributed by atoms with Gasteiger partial charge in [0, 0.05) is 17.0 Å². The topological polar surface area (TPSA) is 37.8 Å². The number of thioether (sulfide) groups is 1. The molecule has 17 heavy (non-hydrogen) atoms. The summed E-state index contributed by atoms with van der Waals surface area (Å²) in [5, 5.41) is 12.1. The van der Waals surface area contributed by atoms with Crippen LogP contribution in [-0.4, -0.2) is 16.0 Å². The average Bonchev–Trinajstić information content (AvgIpc) is 2.79. The van der Waals surface area contributed by atoms with Crippen LogP contribution >= 0.6 is 34.7 Å². The molecule has 6 heteroatoms. The Morgan fingerprint density at radius 2 is 2.12 bits per heavy atom. The van der Waals surface area contributed by atoms with Gasteiger partial charge < -0.3 is 5.32 Å². The SMILES string of the molecule is Cl/C=C/CSc1nnc(Nc2ccccc2)s1. The molecule has 0 saturated carbocycles. The van der Waals surface area contributed by atoms with E-state index in [1.165, 1.54) is 16.9 Å². The number of halogens is 1. The fraction of sp³-hybridized carbons (Fsp3) is 0.0909. The summed E-state index contributed by atoms with van der Waals surface area (Å²) < 4.78 is 0.929. The summed E-state index contributed by atoms with van der Waals surface area (Å²) in [7, 11) is 0. The Bertz CT molecular complexity index is 484. The number of para-hydroxylation sites is 1. The van der Waals surface area contributed by atoms with E-state index in [2.05, 4.69) is 15.5 Å². The van der Waals surface area contributed by atoms with Crippen LogP contribution in [0.2, 0.25) is 0 Å². The number of nitrogens with one attached hydrogen (secondary N) is 1. The first-order valence-corrected chi connectivity index (χ1v) is 7.16. The average molecular weight is 284 g/mol. The Morgan fingerprint density at radius 1 is 1.29 bits per heavy atom. The van der Waals surface area contributed by atoms with Crippen molar-refractivity contribution in [1.82, 2.24) is 10.2 Å². The maximum absolute atomic E-state index is 5.44. The quantitative estimate of drug-likeness (QED) is 0.838. The van der Waals surface area contributed by atoms with Crippen LogP contribution in [0.4, 0.5) is 10.8 Å². The summed E-state index contributed by atoms with van der Waals surface area (Å²) in [6.45, 7) is 0. The molecule has 0 amide bonds. The lowest BCUT2D eigenvalue weighted by molar-refractivity contribution is 1.01. The number of aromatic nitrogens is 2. The van der Waals surface area contributed by atoms with Crippen molar-refractivity contribution < 1.29 is 0 Å². The molecule has 0 bridgehead atoms. The van der Waals surface area contributed by atoms with Crippen molar-refractivity contribution >= 4 is 45.5 Å². The zero-order valence-corrected chi connectivity index (χ0v) is 11.2. The van der Waals surface area contributed by atoms with E-state index in [1.807, 2.05) is 36.4 Å². The second kappa shape index (κ2) is 6.64. The predicted molar refractivity (Wildman–Crippen MR) is 75.4 cm³/mol. The number of rotatable bonds is 5. The summed E-state index contributed by atoms with van der Waals surface area (Å²) in [4.78, 5) is 0. The number of benzene rings is 1. The molecule has 1 aromatic heterocycles. The monoisotopic (exact) mass is 283 g/mol. The summed E-state index contributed by atoms with van der Waals surface area (Å²) >= 11 is 8.58. The molecule has 0 atom stereocenters. The molecule has 3 nitrogen and oxygen atoms in total. The zero-order valence-electron chi connectivity index (χ0n) is 8.84. The van der Waals surface area contributed by atoms with Gasteiger partial charge in [-0.2, -0.15) is 0 Å². The second-order valence-corrected chi connectivity index (χ2v) is 5.53. The smallest absolute Gasteiger partial charge is 0.210 e. The zero-order chi connectivity index (χ0) is 11.9. The first-order chi connectivity index (χ1) is 8.38. The van der Waals surface area contributed by atoms with E-state index >= 15 is 0 Å². The standard InChI is InChI=1S/C11H10ClN3S2/c12-7-4-8-16-11-15-14-10(17-11)13-9-5-2-1-3-6-9/h1-7H,8H2,(H,13,14)/b7-4+. The van der Waals surface area contributed by atoms with Crippen LogP contribution in [0.25, 0.3) is 0 Å². The molecule has 0 fully saturated rings. The van der Waals surface area contributed by atoms with Crippen molar-refractivity contribution in [3.05, 3.63) is 41.9 Å². The van der Waals surface area contributed by atoms with E-state index in [1.54, 1.807) is 11.8 Å². The summed E-state index contributed by atoms with van der Waals surface area (Å²) in [5.41, 5.74) is 2.53. The van der Waals surface area contributed by atoms with E-state index in [4.69, 9.17) is 11.6 Å². The largest absolute Gasteiger partial charge is 0.330 e. The number of nitrogens with zero attached hydrogens (tertiary/aromatic N) is 2. The van der Waals surface area contributed by atoms with Crippen molar-refractivity contribution in [3.8, 4) is 0 Å². The second-order valence-electron chi connectivity index (χ2n) is 3.04. The van der Waals surface area contributed by atoms with Crippen molar-refractivity contribution in [1.29, 1.82) is 0 Å². The highest BCUT2D eigenvalue weighted by atomic mass is 35.5. The highest BCUT2D eigenvalue weighted by Gasteiger charge is 2.03. The van der Waals surface area contributed by atoms with Crippen molar-refractivity contribution in [2.75, 3.05) is 11.1 Å². The van der Waals surface area contributed by atoms with Crippen LogP contribution in [0.1, 0.15) is 0 Å². The van der Waals surface area contributed by atoms with E-state index in [-0.39, 0.29) is 0 Å². The van der Waals surface area contributed by atoms with Gasteiger partial charge in [0.2, 0.25) is 5.13 Å². The molecular weight excluding hydrogens is 274 g/mol. The van der Waals surface area contributed by atoms with E-state index in [9.17, 15) is 0 Å². The molecule has 2 aromatic rings. The Morgan fingerprint density at radius 3 is 2.88 bits per heavy atom. The minimum absolute atomic E-state index is 0.800. The lowest BCUT2D eigenvalue weighted by atomic mass is 10.3. The molecule has 88 valence electrons. The molecule has 0 radical (unpaired) electrons. The maximum Gasteiger partial charge on any atom is 0.210 e. The summed E-state index contributed by atoms with van der Waals surface area (Å²) in [6, 6.07) is 9.91. The third-order valence-corrected chi connectivity index (χ3v) is 3.93. The molecule has 0 saturated heterocycles. The third kappa shape index (κ3) is 4.03. The Kier molecular flexibility index (Phi) is 4.85.